The summed E-state index contributed by atoms with van der Waals surface area (Å²) in [5.41, 5.74) is 1.72. The normalized spacial score (nSPS) is 21.0. The maximum absolute atomic E-state index is 12.9. The van der Waals surface area contributed by atoms with Gasteiger partial charge < -0.3 is 10.1 Å². The first-order valence-corrected chi connectivity index (χ1v) is 7.70. The van der Waals surface area contributed by atoms with Gasteiger partial charge in [0.15, 0.2) is 5.60 Å². The van der Waals surface area contributed by atoms with Gasteiger partial charge in [-0.2, -0.15) is 5.10 Å². The topological polar surface area (TPSA) is 56.2 Å². The quantitative estimate of drug-likeness (QED) is 0.944. The smallest absolute Gasteiger partial charge is 0.261 e. The molecule has 1 amide bonds. The number of hydrogen-bond donors (Lipinski definition) is 1. The van der Waals surface area contributed by atoms with E-state index in [1.165, 1.54) is 0 Å². The van der Waals surface area contributed by atoms with Crippen molar-refractivity contribution in [3.8, 4) is 0 Å². The van der Waals surface area contributed by atoms with Crippen LogP contribution in [0.25, 0.3) is 0 Å². The van der Waals surface area contributed by atoms with Crippen molar-refractivity contribution in [2.45, 2.75) is 38.8 Å². The Morgan fingerprint density at radius 2 is 2.18 bits per heavy atom. The highest BCUT2D eigenvalue weighted by molar-refractivity contribution is 5.98. The number of anilines is 1. The van der Waals surface area contributed by atoms with Crippen molar-refractivity contribution in [2.75, 3.05) is 11.9 Å². The van der Waals surface area contributed by atoms with Gasteiger partial charge >= 0.3 is 0 Å². The molecular formula is C17H21N3O2. The molecule has 0 saturated carbocycles. The van der Waals surface area contributed by atoms with Gasteiger partial charge in [0.1, 0.15) is 0 Å². The van der Waals surface area contributed by atoms with E-state index in [0.717, 1.165) is 29.9 Å². The van der Waals surface area contributed by atoms with Crippen molar-refractivity contribution in [1.29, 1.82) is 0 Å². The van der Waals surface area contributed by atoms with Gasteiger partial charge in [-0.3, -0.25) is 9.48 Å². The van der Waals surface area contributed by atoms with Crippen LogP contribution in [0.2, 0.25) is 0 Å². The van der Waals surface area contributed by atoms with E-state index in [1.54, 1.807) is 6.20 Å². The highest BCUT2D eigenvalue weighted by Gasteiger charge is 2.44. The predicted octanol–water partition coefficient (Wildman–Crippen LogP) is 2.86. The molecule has 116 valence electrons. The fourth-order valence-electron chi connectivity index (χ4n) is 3.00. The van der Waals surface area contributed by atoms with Crippen LogP contribution in [-0.4, -0.2) is 22.3 Å². The van der Waals surface area contributed by atoms with Crippen LogP contribution >= 0.6 is 0 Å². The molecule has 1 atom stereocenters. The van der Waals surface area contributed by atoms with E-state index in [9.17, 15) is 4.79 Å². The zero-order valence-electron chi connectivity index (χ0n) is 13.0. The summed E-state index contributed by atoms with van der Waals surface area (Å²) in [6, 6.07) is 9.72. The van der Waals surface area contributed by atoms with E-state index in [-0.39, 0.29) is 5.91 Å². The van der Waals surface area contributed by atoms with Crippen molar-refractivity contribution in [2.24, 2.45) is 0 Å². The van der Waals surface area contributed by atoms with Crippen LogP contribution in [0.4, 0.5) is 5.69 Å². The summed E-state index contributed by atoms with van der Waals surface area (Å²) in [4.78, 5) is 12.9. The van der Waals surface area contributed by atoms with Crippen LogP contribution < -0.4 is 5.32 Å². The van der Waals surface area contributed by atoms with Gasteiger partial charge in [-0.15, -0.1) is 0 Å². The van der Waals surface area contributed by atoms with Crippen molar-refractivity contribution >= 4 is 11.6 Å². The molecule has 0 radical (unpaired) electrons. The van der Waals surface area contributed by atoms with E-state index >= 15 is 0 Å². The Labute approximate surface area is 130 Å². The Hall–Kier alpha value is -2.14. The third kappa shape index (κ3) is 2.41. The number of nitrogens with zero attached hydrogens (tertiary/aromatic N) is 2. The molecule has 1 saturated heterocycles. The second-order valence-electron chi connectivity index (χ2n) is 5.56. The molecule has 1 unspecified atom stereocenters. The Balaban J connectivity index is 1.89. The largest absolute Gasteiger partial charge is 0.360 e. The molecule has 1 aromatic carbocycles. The van der Waals surface area contributed by atoms with E-state index in [4.69, 9.17) is 4.74 Å². The molecule has 5 nitrogen and oxygen atoms in total. The second-order valence-corrected chi connectivity index (χ2v) is 5.56. The first kappa shape index (κ1) is 14.8. The summed E-state index contributed by atoms with van der Waals surface area (Å²) in [6.45, 7) is 5.37. The Morgan fingerprint density at radius 1 is 1.41 bits per heavy atom. The van der Waals surface area contributed by atoms with Crippen LogP contribution in [-0.2, 0) is 21.7 Å². The zero-order chi connectivity index (χ0) is 15.6. The lowest BCUT2D eigenvalue weighted by Gasteiger charge is -2.27. The molecule has 22 heavy (non-hydrogen) atoms. The summed E-state index contributed by atoms with van der Waals surface area (Å²) in [5.74, 6) is -0.116. The predicted molar refractivity (Wildman–Crippen MR) is 84.6 cm³/mol. The maximum atomic E-state index is 12.9. The second kappa shape index (κ2) is 5.93. The van der Waals surface area contributed by atoms with Crippen molar-refractivity contribution in [1.82, 2.24) is 9.78 Å². The number of rotatable bonds is 4. The summed E-state index contributed by atoms with van der Waals surface area (Å²) in [6.07, 6.45) is 3.28. The van der Waals surface area contributed by atoms with Crippen molar-refractivity contribution in [3.63, 3.8) is 0 Å². The van der Waals surface area contributed by atoms with E-state index in [1.807, 2.05) is 48.9 Å². The molecule has 3 rings (SSSR count). The molecule has 1 aromatic heterocycles. The maximum Gasteiger partial charge on any atom is 0.261 e. The SMILES string of the molecule is CCn1ncc(NC(=O)C2(c3ccccc3)CCCO2)c1C. The molecule has 0 aliphatic carbocycles. The van der Waals surface area contributed by atoms with Gasteiger partial charge in [0, 0.05) is 13.2 Å². The van der Waals surface area contributed by atoms with E-state index in [0.29, 0.717) is 13.0 Å². The van der Waals surface area contributed by atoms with E-state index < -0.39 is 5.60 Å². The third-order valence-electron chi connectivity index (χ3n) is 4.28. The lowest BCUT2D eigenvalue weighted by Crippen LogP contribution is -2.39. The first-order chi connectivity index (χ1) is 10.7. The van der Waals surface area contributed by atoms with Crippen molar-refractivity contribution < 1.29 is 9.53 Å². The van der Waals surface area contributed by atoms with Gasteiger partial charge in [-0.05, 0) is 32.3 Å². The first-order valence-electron chi connectivity index (χ1n) is 7.70. The van der Waals surface area contributed by atoms with Crippen LogP contribution in [0.15, 0.2) is 36.5 Å². The molecule has 1 aliphatic rings. The highest BCUT2D eigenvalue weighted by Crippen LogP contribution is 2.37. The third-order valence-corrected chi connectivity index (χ3v) is 4.28. The van der Waals surface area contributed by atoms with Gasteiger partial charge in [-0.1, -0.05) is 30.3 Å². The number of carbonyl (C=O) groups is 1. The molecule has 2 aromatic rings. The monoisotopic (exact) mass is 299 g/mol. The molecule has 1 N–H and O–H groups in total. The number of carbonyl (C=O) groups excluding carboxylic acids is 1. The minimum atomic E-state index is -0.887. The molecule has 0 spiro atoms. The van der Waals surface area contributed by atoms with Gasteiger partial charge in [-0.25, -0.2) is 0 Å². The summed E-state index contributed by atoms with van der Waals surface area (Å²) in [5, 5.41) is 7.27. The Morgan fingerprint density at radius 3 is 2.77 bits per heavy atom. The van der Waals surface area contributed by atoms with Crippen molar-refractivity contribution in [3.05, 3.63) is 47.8 Å². The van der Waals surface area contributed by atoms with E-state index in [2.05, 4.69) is 10.4 Å². The van der Waals surface area contributed by atoms with Crippen LogP contribution in [0.3, 0.4) is 0 Å². The fourth-order valence-corrected chi connectivity index (χ4v) is 3.00. The summed E-state index contributed by atoms with van der Waals surface area (Å²) in [7, 11) is 0. The molecule has 0 bridgehead atoms. The number of amides is 1. The number of aryl methyl sites for hydroxylation is 1. The molecule has 1 fully saturated rings. The van der Waals surface area contributed by atoms with Gasteiger partial charge in [0.25, 0.3) is 5.91 Å². The number of benzene rings is 1. The average molecular weight is 299 g/mol. The lowest BCUT2D eigenvalue weighted by molar-refractivity contribution is -0.136. The minimum Gasteiger partial charge on any atom is -0.360 e. The molecule has 2 heterocycles. The zero-order valence-corrected chi connectivity index (χ0v) is 13.0. The number of nitrogens with one attached hydrogen (secondary N) is 1. The standard InChI is InChI=1S/C17H21N3O2/c1-3-20-13(2)15(12-18-20)19-16(21)17(10-7-11-22-17)14-8-5-4-6-9-14/h4-6,8-9,12H,3,7,10-11H2,1-2H3,(H,19,21). The average Bonchev–Trinajstić information content (AvgIpc) is 3.17. The fraction of sp³-hybridized carbons (Fsp3) is 0.412. The Kier molecular flexibility index (Phi) is 3.98. The molecular weight excluding hydrogens is 278 g/mol. The van der Waals surface area contributed by atoms with Gasteiger partial charge in [0.2, 0.25) is 0 Å². The highest BCUT2D eigenvalue weighted by atomic mass is 16.5. The van der Waals surface area contributed by atoms with Crippen LogP contribution in [0.5, 0.6) is 0 Å². The number of hydrogen-bond acceptors (Lipinski definition) is 3. The molecule has 5 heteroatoms. The Bertz CT molecular complexity index is 658. The number of aromatic nitrogens is 2. The van der Waals surface area contributed by atoms with Crippen LogP contribution in [0, 0.1) is 6.92 Å². The van der Waals surface area contributed by atoms with Crippen LogP contribution in [0.1, 0.15) is 31.0 Å². The number of ether oxygens (including phenoxy) is 1. The minimum absolute atomic E-state index is 0.116. The summed E-state index contributed by atoms with van der Waals surface area (Å²) < 4.78 is 7.76. The van der Waals surface area contributed by atoms with Gasteiger partial charge in [0.05, 0.1) is 17.6 Å². The molecule has 1 aliphatic heterocycles. The lowest BCUT2D eigenvalue weighted by atomic mass is 9.90. The summed E-state index contributed by atoms with van der Waals surface area (Å²) >= 11 is 0.